The summed E-state index contributed by atoms with van der Waals surface area (Å²) >= 11 is 0. The second kappa shape index (κ2) is 10.3. The van der Waals surface area contributed by atoms with Crippen molar-refractivity contribution in [2.45, 2.75) is 69.9 Å². The summed E-state index contributed by atoms with van der Waals surface area (Å²) in [5.41, 5.74) is 0.540. The minimum absolute atomic E-state index is 0.0245. The van der Waals surface area contributed by atoms with Crippen LogP contribution < -0.4 is 15.4 Å². The van der Waals surface area contributed by atoms with Crippen molar-refractivity contribution in [1.29, 1.82) is 0 Å². The summed E-state index contributed by atoms with van der Waals surface area (Å²) in [5, 5.41) is 5.93. The molecular formula is C22H30F3N3O3. The number of carbonyl (C=O) groups excluding carboxylic acids is 2. The third-order valence-corrected chi connectivity index (χ3v) is 6.11. The molecule has 1 aromatic rings. The number of alkyl halides is 3. The standard InChI is InChI=1S/C22H30F3N3O3/c1-28-11-3-6-19(28)21(30)27-17-9-7-15(8-10-17)13-20(29)26-14-16-4-2-5-18(12-16)31-22(23,24)25/h2,4-5,12,15,17,19H,3,6-11,13-14H2,1H3,(H,26,29)(H,27,30)/t15?,17?,19-/m0/s1. The minimum Gasteiger partial charge on any atom is -0.406 e. The number of halogens is 3. The zero-order chi connectivity index (χ0) is 22.4. The number of hydrogen-bond donors (Lipinski definition) is 2. The molecule has 0 unspecified atom stereocenters. The molecule has 2 aliphatic rings. The highest BCUT2D eigenvalue weighted by atomic mass is 19.4. The van der Waals surface area contributed by atoms with Crippen LogP contribution in [0.2, 0.25) is 0 Å². The number of nitrogens with one attached hydrogen (secondary N) is 2. The quantitative estimate of drug-likeness (QED) is 0.681. The van der Waals surface area contributed by atoms with Crippen LogP contribution in [-0.2, 0) is 16.1 Å². The summed E-state index contributed by atoms with van der Waals surface area (Å²) in [6.07, 6.45) is 1.05. The van der Waals surface area contributed by atoms with Gasteiger partial charge in [0, 0.05) is 19.0 Å². The zero-order valence-corrected chi connectivity index (χ0v) is 17.7. The Labute approximate surface area is 180 Å². The largest absolute Gasteiger partial charge is 0.573 e. The maximum atomic E-state index is 12.4. The highest BCUT2D eigenvalue weighted by molar-refractivity contribution is 5.82. The van der Waals surface area contributed by atoms with Crippen molar-refractivity contribution in [2.75, 3.05) is 13.6 Å². The van der Waals surface area contributed by atoms with Crippen LogP contribution in [0.15, 0.2) is 24.3 Å². The molecule has 6 nitrogen and oxygen atoms in total. The summed E-state index contributed by atoms with van der Waals surface area (Å²) in [7, 11) is 1.98. The van der Waals surface area contributed by atoms with Crippen molar-refractivity contribution in [3.63, 3.8) is 0 Å². The first-order valence-electron chi connectivity index (χ1n) is 10.8. The number of amides is 2. The Hall–Kier alpha value is -2.29. The van der Waals surface area contributed by atoms with E-state index in [1.165, 1.54) is 18.2 Å². The first kappa shape index (κ1) is 23.4. The highest BCUT2D eigenvalue weighted by Crippen LogP contribution is 2.28. The number of likely N-dealkylation sites (N-methyl/N-ethyl adjacent to an activating group) is 1. The maximum Gasteiger partial charge on any atom is 0.573 e. The lowest BCUT2D eigenvalue weighted by Gasteiger charge is -2.30. The van der Waals surface area contributed by atoms with Crippen LogP contribution >= 0.6 is 0 Å². The molecule has 0 radical (unpaired) electrons. The first-order valence-corrected chi connectivity index (χ1v) is 10.8. The molecule has 0 bridgehead atoms. The van der Waals surface area contributed by atoms with Crippen LogP contribution in [0.1, 0.15) is 50.5 Å². The van der Waals surface area contributed by atoms with Gasteiger partial charge in [0.2, 0.25) is 11.8 Å². The van der Waals surface area contributed by atoms with Crippen LogP contribution in [0.25, 0.3) is 0 Å². The molecule has 0 spiro atoms. The van der Waals surface area contributed by atoms with Gasteiger partial charge in [-0.1, -0.05) is 12.1 Å². The number of rotatable bonds is 7. The van der Waals surface area contributed by atoms with Gasteiger partial charge < -0.3 is 15.4 Å². The lowest BCUT2D eigenvalue weighted by molar-refractivity contribution is -0.274. The smallest absolute Gasteiger partial charge is 0.406 e. The van der Waals surface area contributed by atoms with E-state index in [9.17, 15) is 22.8 Å². The highest BCUT2D eigenvalue weighted by Gasteiger charge is 2.32. The molecule has 2 amide bonds. The number of benzene rings is 1. The van der Waals surface area contributed by atoms with Crippen molar-refractivity contribution in [3.05, 3.63) is 29.8 Å². The maximum absolute atomic E-state index is 12.4. The van der Waals surface area contributed by atoms with E-state index in [-0.39, 0.29) is 42.1 Å². The molecule has 1 saturated heterocycles. The van der Waals surface area contributed by atoms with E-state index in [1.54, 1.807) is 6.07 Å². The molecule has 1 heterocycles. The molecule has 1 atom stereocenters. The Morgan fingerprint density at radius 3 is 2.55 bits per heavy atom. The normalized spacial score (nSPS) is 24.6. The molecular weight excluding hydrogens is 411 g/mol. The fourth-order valence-corrected chi connectivity index (χ4v) is 4.44. The van der Waals surface area contributed by atoms with E-state index in [2.05, 4.69) is 20.3 Å². The molecule has 31 heavy (non-hydrogen) atoms. The van der Waals surface area contributed by atoms with Crippen LogP contribution in [0.5, 0.6) is 5.75 Å². The molecule has 0 aromatic heterocycles. The lowest BCUT2D eigenvalue weighted by atomic mass is 9.84. The molecule has 1 aliphatic carbocycles. The average molecular weight is 441 g/mol. The second-order valence-corrected chi connectivity index (χ2v) is 8.54. The minimum atomic E-state index is -4.74. The summed E-state index contributed by atoms with van der Waals surface area (Å²) in [6.45, 7) is 1.10. The van der Waals surface area contributed by atoms with E-state index in [0.29, 0.717) is 12.0 Å². The van der Waals surface area contributed by atoms with Crippen LogP contribution in [0, 0.1) is 5.92 Å². The lowest BCUT2D eigenvalue weighted by Crippen LogP contribution is -2.46. The van der Waals surface area contributed by atoms with Gasteiger partial charge in [-0.2, -0.15) is 0 Å². The summed E-state index contributed by atoms with van der Waals surface area (Å²) < 4.78 is 40.9. The van der Waals surface area contributed by atoms with E-state index in [0.717, 1.165) is 45.1 Å². The number of nitrogens with zero attached hydrogens (tertiary/aromatic N) is 1. The fourth-order valence-electron chi connectivity index (χ4n) is 4.44. The first-order chi connectivity index (χ1) is 14.7. The van der Waals surface area contributed by atoms with Crippen molar-refractivity contribution >= 4 is 11.8 Å². The number of hydrogen-bond acceptors (Lipinski definition) is 4. The molecule has 2 N–H and O–H groups in total. The van der Waals surface area contributed by atoms with Crippen molar-refractivity contribution in [1.82, 2.24) is 15.5 Å². The molecule has 3 rings (SSSR count). The third kappa shape index (κ3) is 7.41. The van der Waals surface area contributed by atoms with Gasteiger partial charge in [0.1, 0.15) is 5.75 Å². The van der Waals surface area contributed by atoms with E-state index in [4.69, 9.17) is 0 Å². The Bertz CT molecular complexity index is 764. The van der Waals surface area contributed by atoms with Gasteiger partial charge in [-0.3, -0.25) is 14.5 Å². The molecule has 2 fully saturated rings. The summed E-state index contributed by atoms with van der Waals surface area (Å²) in [6, 6.07) is 5.73. The van der Waals surface area contributed by atoms with Gasteiger partial charge in [0.05, 0.1) is 6.04 Å². The Balaban J connectivity index is 1.36. The Kier molecular flexibility index (Phi) is 7.80. The number of carbonyl (C=O) groups is 2. The molecule has 1 aromatic carbocycles. The number of ether oxygens (including phenoxy) is 1. The van der Waals surface area contributed by atoms with Gasteiger partial charge in [-0.25, -0.2) is 0 Å². The van der Waals surface area contributed by atoms with Crippen molar-refractivity contribution < 1.29 is 27.5 Å². The number of likely N-dealkylation sites (tertiary alicyclic amines) is 1. The molecule has 1 saturated carbocycles. The average Bonchev–Trinajstić information content (AvgIpc) is 3.13. The van der Waals surface area contributed by atoms with Crippen molar-refractivity contribution in [3.8, 4) is 5.75 Å². The van der Waals surface area contributed by atoms with Gasteiger partial charge in [-0.05, 0) is 75.7 Å². The van der Waals surface area contributed by atoms with Gasteiger partial charge >= 0.3 is 6.36 Å². The van der Waals surface area contributed by atoms with Gasteiger partial charge in [-0.15, -0.1) is 13.2 Å². The summed E-state index contributed by atoms with van der Waals surface area (Å²) in [5.74, 6) is -0.0641. The van der Waals surface area contributed by atoms with Crippen molar-refractivity contribution in [2.24, 2.45) is 5.92 Å². The Morgan fingerprint density at radius 2 is 1.90 bits per heavy atom. The Morgan fingerprint density at radius 1 is 1.16 bits per heavy atom. The molecule has 1 aliphatic heterocycles. The predicted octanol–water partition coefficient (Wildman–Crippen LogP) is 3.36. The predicted molar refractivity (Wildman–Crippen MR) is 109 cm³/mol. The summed E-state index contributed by atoms with van der Waals surface area (Å²) in [4.78, 5) is 26.8. The van der Waals surface area contributed by atoms with Gasteiger partial charge in [0.25, 0.3) is 0 Å². The molecule has 9 heteroatoms. The van der Waals surface area contributed by atoms with E-state index in [1.807, 2.05) is 7.05 Å². The molecule has 172 valence electrons. The monoisotopic (exact) mass is 441 g/mol. The van der Waals surface area contributed by atoms with E-state index >= 15 is 0 Å². The van der Waals surface area contributed by atoms with E-state index < -0.39 is 6.36 Å². The zero-order valence-electron chi connectivity index (χ0n) is 17.7. The second-order valence-electron chi connectivity index (χ2n) is 8.54. The SMILES string of the molecule is CN1CCC[C@H]1C(=O)NC1CCC(CC(=O)NCc2cccc(OC(F)(F)F)c2)CC1. The topological polar surface area (TPSA) is 70.7 Å². The third-order valence-electron chi connectivity index (χ3n) is 6.11. The van der Waals surface area contributed by atoms with Crippen LogP contribution in [0.4, 0.5) is 13.2 Å². The van der Waals surface area contributed by atoms with Crippen LogP contribution in [0.3, 0.4) is 0 Å². The fraction of sp³-hybridized carbons (Fsp3) is 0.636. The van der Waals surface area contributed by atoms with Gasteiger partial charge in [0.15, 0.2) is 0 Å². The van der Waals surface area contributed by atoms with Crippen LogP contribution in [-0.4, -0.2) is 48.8 Å².